The van der Waals surface area contributed by atoms with Crippen LogP contribution in [-0.4, -0.2) is 32.7 Å². The van der Waals surface area contributed by atoms with Crippen molar-refractivity contribution in [1.29, 1.82) is 0 Å². The molecular formula is C24H24F3N5O2. The molecule has 0 aliphatic carbocycles. The van der Waals surface area contributed by atoms with E-state index in [0.717, 1.165) is 12.1 Å². The summed E-state index contributed by atoms with van der Waals surface area (Å²) in [6.07, 6.45) is -3.97. The summed E-state index contributed by atoms with van der Waals surface area (Å²) >= 11 is 0. The van der Waals surface area contributed by atoms with E-state index in [-0.39, 0.29) is 23.5 Å². The third-order valence-electron chi connectivity index (χ3n) is 6.57. The summed E-state index contributed by atoms with van der Waals surface area (Å²) in [5.41, 5.74) is -0.921. The minimum Gasteiger partial charge on any atom is -0.487 e. The van der Waals surface area contributed by atoms with E-state index >= 15 is 0 Å². The van der Waals surface area contributed by atoms with E-state index in [4.69, 9.17) is 11.3 Å². The highest BCUT2D eigenvalue weighted by Gasteiger charge is 2.44. The van der Waals surface area contributed by atoms with E-state index in [1.165, 1.54) is 16.7 Å². The summed E-state index contributed by atoms with van der Waals surface area (Å²) in [5.74, 6) is 0.627. The molecule has 0 amide bonds. The van der Waals surface area contributed by atoms with E-state index < -0.39 is 23.0 Å². The Balaban J connectivity index is 1.68. The molecule has 1 fully saturated rings. The lowest BCUT2D eigenvalue weighted by Gasteiger charge is -2.48. The first kappa shape index (κ1) is 23.5. The standard InChI is InChI=1S/C24H24F3N5O2/c1-14-13-32(21-20-18(31(5)22(33)30-21)9-10-19(28-4)29-20)15(2)12-23(14,3)34-17-8-6-7-16(11-17)24(25,26)27/h6-11,14-15H,12-13H2,1-3,5H3/t14-,15-,23?/m0/s1. The van der Waals surface area contributed by atoms with Gasteiger partial charge < -0.3 is 14.5 Å². The number of hydrogen-bond acceptors (Lipinski definition) is 5. The van der Waals surface area contributed by atoms with Crippen molar-refractivity contribution in [3.05, 3.63) is 63.9 Å². The van der Waals surface area contributed by atoms with Crippen molar-refractivity contribution >= 4 is 22.7 Å². The van der Waals surface area contributed by atoms with E-state index in [0.29, 0.717) is 29.8 Å². The summed E-state index contributed by atoms with van der Waals surface area (Å²) in [5, 5.41) is 0. The molecule has 1 unspecified atom stereocenters. The lowest BCUT2D eigenvalue weighted by atomic mass is 9.80. The molecule has 0 N–H and O–H groups in total. The van der Waals surface area contributed by atoms with Gasteiger partial charge in [-0.1, -0.05) is 19.6 Å². The molecule has 10 heteroatoms. The molecule has 4 rings (SSSR count). The van der Waals surface area contributed by atoms with Gasteiger partial charge in [0.1, 0.15) is 11.4 Å². The number of piperidine rings is 1. The molecule has 0 bridgehead atoms. The zero-order valence-corrected chi connectivity index (χ0v) is 19.2. The predicted octanol–water partition coefficient (Wildman–Crippen LogP) is 4.97. The van der Waals surface area contributed by atoms with Gasteiger partial charge in [0.25, 0.3) is 5.82 Å². The van der Waals surface area contributed by atoms with E-state index in [1.54, 1.807) is 19.2 Å². The number of benzene rings is 1. The van der Waals surface area contributed by atoms with Gasteiger partial charge >= 0.3 is 11.9 Å². The number of hydrogen-bond donors (Lipinski definition) is 0. The van der Waals surface area contributed by atoms with Crippen LogP contribution in [0.5, 0.6) is 5.75 Å². The van der Waals surface area contributed by atoms with Crippen LogP contribution in [0.3, 0.4) is 0 Å². The molecule has 3 atom stereocenters. The second-order valence-corrected chi connectivity index (χ2v) is 8.97. The summed E-state index contributed by atoms with van der Waals surface area (Å²) in [7, 11) is 1.60. The Labute approximate surface area is 194 Å². The molecule has 1 aromatic carbocycles. The van der Waals surface area contributed by atoms with Crippen LogP contribution in [0.15, 0.2) is 41.2 Å². The first-order chi connectivity index (χ1) is 15.9. The van der Waals surface area contributed by atoms with Gasteiger partial charge in [-0.05, 0) is 44.2 Å². The molecule has 3 aromatic rings. The van der Waals surface area contributed by atoms with Crippen molar-refractivity contribution in [2.45, 2.75) is 45.0 Å². The van der Waals surface area contributed by atoms with Crippen molar-refractivity contribution < 1.29 is 17.9 Å². The van der Waals surface area contributed by atoms with Gasteiger partial charge in [-0.15, -0.1) is 4.98 Å². The van der Waals surface area contributed by atoms with Crippen LogP contribution in [0.1, 0.15) is 32.8 Å². The summed E-state index contributed by atoms with van der Waals surface area (Å²) in [6, 6.07) is 7.97. The molecule has 1 aliphatic heterocycles. The fraction of sp³-hybridized carbons (Fsp3) is 0.417. The molecular weight excluding hydrogens is 447 g/mol. The van der Waals surface area contributed by atoms with Crippen LogP contribution in [0.2, 0.25) is 0 Å². The maximum absolute atomic E-state index is 13.1. The Morgan fingerprint density at radius 1 is 1.21 bits per heavy atom. The Kier molecular flexibility index (Phi) is 5.75. The lowest BCUT2D eigenvalue weighted by Crippen LogP contribution is -2.56. The highest BCUT2D eigenvalue weighted by molar-refractivity contribution is 5.87. The van der Waals surface area contributed by atoms with E-state index in [1.807, 2.05) is 25.7 Å². The molecule has 0 radical (unpaired) electrons. The Hall–Kier alpha value is -3.61. The van der Waals surface area contributed by atoms with Crippen molar-refractivity contribution in [3.8, 4) is 5.75 Å². The van der Waals surface area contributed by atoms with Crippen LogP contribution in [0.25, 0.3) is 15.9 Å². The predicted molar refractivity (Wildman–Crippen MR) is 122 cm³/mol. The van der Waals surface area contributed by atoms with E-state index in [2.05, 4.69) is 14.8 Å². The highest BCUT2D eigenvalue weighted by Crippen LogP contribution is 2.40. The monoisotopic (exact) mass is 471 g/mol. The molecule has 1 saturated heterocycles. The molecule has 0 saturated carbocycles. The Bertz CT molecular complexity index is 1350. The number of ether oxygens (including phenoxy) is 1. The van der Waals surface area contributed by atoms with Crippen molar-refractivity contribution in [3.63, 3.8) is 0 Å². The van der Waals surface area contributed by atoms with Gasteiger partial charge in [-0.25, -0.2) is 4.79 Å². The third kappa shape index (κ3) is 4.18. The molecule has 7 nitrogen and oxygen atoms in total. The van der Waals surface area contributed by atoms with Crippen LogP contribution < -0.4 is 15.3 Å². The molecule has 3 heterocycles. The number of anilines is 1. The van der Waals surface area contributed by atoms with Gasteiger partial charge in [-0.2, -0.15) is 18.2 Å². The van der Waals surface area contributed by atoms with Crippen molar-refractivity contribution in [2.75, 3.05) is 11.4 Å². The molecule has 1 aliphatic rings. The summed E-state index contributed by atoms with van der Waals surface area (Å²) in [6.45, 7) is 13.5. The number of fused-ring (bicyclic) bond motifs is 1. The fourth-order valence-electron chi connectivity index (χ4n) is 4.47. The number of aromatic nitrogens is 3. The minimum absolute atomic E-state index is 0.122. The average Bonchev–Trinajstić information content (AvgIpc) is 2.78. The second-order valence-electron chi connectivity index (χ2n) is 8.97. The average molecular weight is 471 g/mol. The first-order valence-electron chi connectivity index (χ1n) is 10.8. The van der Waals surface area contributed by atoms with Gasteiger partial charge in [0, 0.05) is 32.0 Å². The van der Waals surface area contributed by atoms with Crippen LogP contribution in [0, 0.1) is 12.5 Å². The van der Waals surface area contributed by atoms with Gasteiger partial charge in [0.2, 0.25) is 5.52 Å². The quantitative estimate of drug-likeness (QED) is 0.505. The number of pyridine rings is 1. The van der Waals surface area contributed by atoms with Crippen molar-refractivity contribution in [1.82, 2.24) is 14.5 Å². The van der Waals surface area contributed by atoms with Crippen LogP contribution >= 0.6 is 0 Å². The first-order valence-corrected chi connectivity index (χ1v) is 10.8. The zero-order chi connectivity index (χ0) is 24.8. The summed E-state index contributed by atoms with van der Waals surface area (Å²) < 4.78 is 47.0. The Morgan fingerprint density at radius 3 is 2.62 bits per heavy atom. The van der Waals surface area contributed by atoms with Gasteiger partial charge in [0.05, 0.1) is 11.1 Å². The lowest BCUT2D eigenvalue weighted by molar-refractivity contribution is -0.137. The highest BCUT2D eigenvalue weighted by atomic mass is 19.4. The topological polar surface area (TPSA) is 64.6 Å². The largest absolute Gasteiger partial charge is 0.487 e. The van der Waals surface area contributed by atoms with Crippen molar-refractivity contribution in [2.24, 2.45) is 13.0 Å². The molecule has 34 heavy (non-hydrogen) atoms. The van der Waals surface area contributed by atoms with Gasteiger partial charge in [0.15, 0.2) is 5.82 Å². The fourth-order valence-corrected chi connectivity index (χ4v) is 4.47. The van der Waals surface area contributed by atoms with Gasteiger partial charge in [-0.3, -0.25) is 4.57 Å². The van der Waals surface area contributed by atoms with Crippen LogP contribution in [0.4, 0.5) is 24.8 Å². The number of aryl methyl sites for hydroxylation is 1. The minimum atomic E-state index is -4.45. The maximum atomic E-state index is 13.1. The number of rotatable bonds is 3. The van der Waals surface area contributed by atoms with Crippen LogP contribution in [-0.2, 0) is 13.2 Å². The molecule has 178 valence electrons. The van der Waals surface area contributed by atoms with E-state index in [9.17, 15) is 18.0 Å². The maximum Gasteiger partial charge on any atom is 0.416 e. The number of halogens is 3. The number of alkyl halides is 3. The summed E-state index contributed by atoms with van der Waals surface area (Å²) in [4.78, 5) is 26.6. The third-order valence-corrected chi connectivity index (χ3v) is 6.57. The normalized spacial score (nSPS) is 23.1. The molecule has 2 aromatic heterocycles. The zero-order valence-electron chi connectivity index (χ0n) is 19.2. The number of nitrogens with zero attached hydrogens (tertiary/aromatic N) is 5. The SMILES string of the molecule is [C-]#[N+]c1ccc2c(n1)c(N1C[C@H](C)C(C)(Oc3cccc(C(F)(F)F)c3)C[C@@H]1C)nc(=O)n2C. The second kappa shape index (κ2) is 8.31. The smallest absolute Gasteiger partial charge is 0.416 e. The molecule has 0 spiro atoms. The Morgan fingerprint density at radius 2 is 1.94 bits per heavy atom.